The van der Waals surface area contributed by atoms with Crippen molar-refractivity contribution in [3.63, 3.8) is 0 Å². The quantitative estimate of drug-likeness (QED) is 0.766. The molecule has 0 spiro atoms. The van der Waals surface area contributed by atoms with E-state index in [9.17, 15) is 5.11 Å². The highest BCUT2D eigenvalue weighted by atomic mass is 16.5. The van der Waals surface area contributed by atoms with Gasteiger partial charge in [0, 0.05) is 49.4 Å². The number of benzene rings is 1. The molecule has 0 unspecified atom stereocenters. The summed E-state index contributed by atoms with van der Waals surface area (Å²) in [7, 11) is 0. The van der Waals surface area contributed by atoms with E-state index in [4.69, 9.17) is 4.74 Å². The van der Waals surface area contributed by atoms with Gasteiger partial charge in [0.1, 0.15) is 6.61 Å². The molecule has 6 heteroatoms. The summed E-state index contributed by atoms with van der Waals surface area (Å²) in [6, 6.07) is 7.72. The monoisotopic (exact) mass is 336 g/mol. The van der Waals surface area contributed by atoms with Gasteiger partial charge in [-0.2, -0.15) is 5.10 Å². The van der Waals surface area contributed by atoms with Crippen LogP contribution in [0.4, 0.5) is 0 Å². The number of hydrogen-bond donors (Lipinski definition) is 2. The van der Waals surface area contributed by atoms with Crippen LogP contribution >= 0.6 is 0 Å². The zero-order chi connectivity index (χ0) is 17.1. The van der Waals surface area contributed by atoms with Crippen molar-refractivity contribution in [3.8, 4) is 22.6 Å². The molecule has 0 amide bonds. The van der Waals surface area contributed by atoms with E-state index in [-0.39, 0.29) is 5.75 Å². The maximum atomic E-state index is 10.4. The van der Waals surface area contributed by atoms with Gasteiger partial charge in [-0.25, -0.2) is 0 Å². The third-order valence-corrected chi connectivity index (χ3v) is 4.46. The minimum Gasteiger partial charge on any atom is -0.504 e. The first-order chi connectivity index (χ1) is 12.3. The molecule has 0 bridgehead atoms. The van der Waals surface area contributed by atoms with Gasteiger partial charge < -0.3 is 9.84 Å². The van der Waals surface area contributed by atoms with Gasteiger partial charge in [-0.15, -0.1) is 0 Å². The Kier molecular flexibility index (Phi) is 4.35. The first kappa shape index (κ1) is 15.7. The molecule has 0 saturated heterocycles. The zero-order valence-electron chi connectivity index (χ0n) is 13.9. The lowest BCUT2D eigenvalue weighted by atomic mass is 10.0. The van der Waals surface area contributed by atoms with Crippen molar-refractivity contribution in [2.75, 3.05) is 19.7 Å². The van der Waals surface area contributed by atoms with Crippen LogP contribution in [0, 0.1) is 0 Å². The molecule has 128 valence electrons. The maximum Gasteiger partial charge on any atom is 0.165 e. The smallest absolute Gasteiger partial charge is 0.165 e. The zero-order valence-corrected chi connectivity index (χ0v) is 13.9. The predicted octanol–water partition coefficient (Wildman–Crippen LogP) is 2.61. The van der Waals surface area contributed by atoms with Crippen LogP contribution in [0.15, 0.2) is 49.1 Å². The van der Waals surface area contributed by atoms with Crippen molar-refractivity contribution in [1.82, 2.24) is 20.1 Å². The minimum atomic E-state index is 0.188. The van der Waals surface area contributed by atoms with Crippen molar-refractivity contribution < 1.29 is 9.84 Å². The lowest BCUT2D eigenvalue weighted by Crippen LogP contribution is -2.27. The number of aromatic hydroxyl groups is 1. The Balaban J connectivity index is 1.57. The van der Waals surface area contributed by atoms with Crippen LogP contribution in [-0.4, -0.2) is 44.9 Å². The van der Waals surface area contributed by atoms with Crippen molar-refractivity contribution in [1.29, 1.82) is 0 Å². The molecule has 2 N–H and O–H groups in total. The molecule has 3 heterocycles. The normalized spacial score (nSPS) is 14.6. The summed E-state index contributed by atoms with van der Waals surface area (Å²) >= 11 is 0. The van der Waals surface area contributed by atoms with Gasteiger partial charge in [-0.3, -0.25) is 15.0 Å². The number of aromatic amines is 1. The molecular formula is C19H20N4O2. The summed E-state index contributed by atoms with van der Waals surface area (Å²) in [5.41, 5.74) is 4.13. The maximum absolute atomic E-state index is 10.4. The van der Waals surface area contributed by atoms with E-state index < -0.39 is 0 Å². The predicted molar refractivity (Wildman–Crippen MR) is 94.4 cm³/mol. The van der Waals surface area contributed by atoms with Gasteiger partial charge in [0.15, 0.2) is 11.5 Å². The molecule has 1 aliphatic rings. The summed E-state index contributed by atoms with van der Waals surface area (Å²) in [6.07, 6.45) is 8.26. The number of phenols is 1. The Bertz CT molecular complexity index is 834. The highest BCUT2D eigenvalue weighted by Crippen LogP contribution is 2.37. The molecule has 0 atom stereocenters. The lowest BCUT2D eigenvalue weighted by molar-refractivity contribution is 0.225. The number of phenolic OH excluding ortho intramolecular Hbond substituents is 1. The Labute approximate surface area is 146 Å². The van der Waals surface area contributed by atoms with Crippen LogP contribution in [0.5, 0.6) is 11.5 Å². The van der Waals surface area contributed by atoms with Crippen LogP contribution in [0.25, 0.3) is 11.1 Å². The van der Waals surface area contributed by atoms with Gasteiger partial charge in [0.2, 0.25) is 0 Å². The Morgan fingerprint density at radius 1 is 1.24 bits per heavy atom. The summed E-state index contributed by atoms with van der Waals surface area (Å²) in [5.74, 6) is 0.784. The lowest BCUT2D eigenvalue weighted by Gasteiger charge is -2.19. The van der Waals surface area contributed by atoms with E-state index in [1.54, 1.807) is 18.5 Å². The number of nitrogens with one attached hydrogen (secondary N) is 1. The molecule has 0 fully saturated rings. The second-order valence-corrected chi connectivity index (χ2v) is 6.21. The van der Waals surface area contributed by atoms with Crippen molar-refractivity contribution in [2.24, 2.45) is 0 Å². The van der Waals surface area contributed by atoms with Crippen molar-refractivity contribution in [3.05, 3.63) is 60.2 Å². The van der Waals surface area contributed by atoms with Crippen LogP contribution in [0.2, 0.25) is 0 Å². The van der Waals surface area contributed by atoms with Gasteiger partial charge in [0.25, 0.3) is 0 Å². The Morgan fingerprint density at radius 3 is 3.00 bits per heavy atom. The summed E-state index contributed by atoms with van der Waals surface area (Å²) in [6.45, 7) is 3.06. The number of rotatable bonds is 4. The van der Waals surface area contributed by atoms with E-state index in [0.29, 0.717) is 12.4 Å². The molecule has 25 heavy (non-hydrogen) atoms. The number of pyridine rings is 1. The summed E-state index contributed by atoms with van der Waals surface area (Å²) < 4.78 is 5.81. The van der Waals surface area contributed by atoms with Gasteiger partial charge in [0.05, 0.1) is 6.20 Å². The summed E-state index contributed by atoms with van der Waals surface area (Å²) in [5, 5.41) is 17.2. The fourth-order valence-corrected chi connectivity index (χ4v) is 3.15. The molecule has 1 aliphatic heterocycles. The van der Waals surface area contributed by atoms with E-state index in [1.807, 2.05) is 24.5 Å². The molecule has 0 radical (unpaired) electrons. The topological polar surface area (TPSA) is 74.3 Å². The fourth-order valence-electron chi connectivity index (χ4n) is 3.15. The molecule has 0 saturated carbocycles. The van der Waals surface area contributed by atoms with E-state index in [2.05, 4.69) is 26.1 Å². The van der Waals surface area contributed by atoms with E-state index in [1.165, 1.54) is 5.56 Å². The second-order valence-electron chi connectivity index (χ2n) is 6.21. The number of aromatic nitrogens is 3. The highest BCUT2D eigenvalue weighted by molar-refractivity contribution is 5.68. The molecule has 0 aliphatic carbocycles. The standard InChI is InChI=1S/C19H20N4O2/c24-18-9-16(15-2-1-4-20-12-15)8-17-13-23(6-7-25-19(17)18)5-3-14-10-21-22-11-14/h1-2,4,8-12,24H,3,5-7,13H2,(H,21,22). The number of nitrogens with zero attached hydrogens (tertiary/aromatic N) is 3. The number of hydrogen-bond acceptors (Lipinski definition) is 5. The Hall–Kier alpha value is -2.86. The number of fused-ring (bicyclic) bond motifs is 1. The number of H-pyrrole nitrogens is 1. The largest absolute Gasteiger partial charge is 0.504 e. The molecular weight excluding hydrogens is 316 g/mol. The van der Waals surface area contributed by atoms with Gasteiger partial charge in [-0.05, 0) is 35.7 Å². The molecule has 6 nitrogen and oxygen atoms in total. The second kappa shape index (κ2) is 6.94. The SMILES string of the molecule is Oc1cc(-c2cccnc2)cc2c1OCCN(CCc1cn[nH]c1)C2. The third-order valence-electron chi connectivity index (χ3n) is 4.46. The van der Waals surface area contributed by atoms with Gasteiger partial charge >= 0.3 is 0 Å². The van der Waals surface area contributed by atoms with E-state index >= 15 is 0 Å². The first-order valence-electron chi connectivity index (χ1n) is 8.39. The fraction of sp³-hybridized carbons (Fsp3) is 0.263. The average molecular weight is 336 g/mol. The highest BCUT2D eigenvalue weighted by Gasteiger charge is 2.19. The van der Waals surface area contributed by atoms with Crippen LogP contribution < -0.4 is 4.74 Å². The molecule has 2 aromatic heterocycles. The minimum absolute atomic E-state index is 0.188. The molecule has 4 rings (SSSR count). The molecule has 3 aromatic rings. The molecule has 1 aromatic carbocycles. The number of ether oxygens (including phenoxy) is 1. The van der Waals surface area contributed by atoms with Crippen molar-refractivity contribution in [2.45, 2.75) is 13.0 Å². The third kappa shape index (κ3) is 3.49. The summed E-state index contributed by atoms with van der Waals surface area (Å²) in [4.78, 5) is 6.50. The average Bonchev–Trinajstić information content (AvgIpc) is 3.07. The van der Waals surface area contributed by atoms with Gasteiger partial charge in [-0.1, -0.05) is 6.07 Å². The van der Waals surface area contributed by atoms with E-state index in [0.717, 1.165) is 42.7 Å². The van der Waals surface area contributed by atoms with Crippen LogP contribution in [0.3, 0.4) is 0 Å². The first-order valence-corrected chi connectivity index (χ1v) is 8.39. The van der Waals surface area contributed by atoms with Crippen LogP contribution in [-0.2, 0) is 13.0 Å². The van der Waals surface area contributed by atoms with Crippen LogP contribution in [0.1, 0.15) is 11.1 Å². The van der Waals surface area contributed by atoms with Crippen molar-refractivity contribution >= 4 is 0 Å². The Morgan fingerprint density at radius 2 is 2.20 bits per heavy atom.